The van der Waals surface area contributed by atoms with E-state index < -0.39 is 0 Å². The molecule has 0 saturated carbocycles. The minimum absolute atomic E-state index is 0.264. The minimum atomic E-state index is -0.338. The third-order valence-electron chi connectivity index (χ3n) is 3.58. The maximum atomic E-state index is 12.1. The van der Waals surface area contributed by atoms with Crippen molar-refractivity contribution in [2.24, 2.45) is 5.92 Å². The standard InChI is InChI=1S/C20H23NO3/c1-15(2)12-13-20(23)24-14-19(22)21-18-11-7-6-10-17(18)16-8-4-3-5-9-16/h3-11,15H,12-14H2,1-2H3,(H,21,22). The number of nitrogens with one attached hydrogen (secondary N) is 1. The predicted molar refractivity (Wildman–Crippen MR) is 95.5 cm³/mol. The second-order valence-electron chi connectivity index (χ2n) is 6.05. The van der Waals surface area contributed by atoms with E-state index >= 15 is 0 Å². The van der Waals surface area contributed by atoms with E-state index in [2.05, 4.69) is 5.32 Å². The first-order valence-electron chi connectivity index (χ1n) is 8.16. The number of amides is 1. The molecule has 1 amide bonds. The zero-order valence-corrected chi connectivity index (χ0v) is 14.1. The van der Waals surface area contributed by atoms with Crippen LogP contribution in [0.4, 0.5) is 5.69 Å². The Bertz CT molecular complexity index is 680. The van der Waals surface area contributed by atoms with Gasteiger partial charge in [0.05, 0.1) is 0 Å². The molecule has 0 heterocycles. The number of benzene rings is 2. The van der Waals surface area contributed by atoms with Crippen LogP contribution in [0.2, 0.25) is 0 Å². The zero-order chi connectivity index (χ0) is 17.4. The van der Waals surface area contributed by atoms with E-state index in [1.54, 1.807) is 0 Å². The molecule has 0 aliphatic heterocycles. The summed E-state index contributed by atoms with van der Waals surface area (Å²) in [5.74, 6) is -0.240. The van der Waals surface area contributed by atoms with Gasteiger partial charge in [-0.3, -0.25) is 9.59 Å². The first-order chi connectivity index (χ1) is 11.6. The van der Waals surface area contributed by atoms with Crippen molar-refractivity contribution < 1.29 is 14.3 Å². The molecule has 0 spiro atoms. The molecule has 4 heteroatoms. The van der Waals surface area contributed by atoms with Crippen molar-refractivity contribution in [1.82, 2.24) is 0 Å². The minimum Gasteiger partial charge on any atom is -0.456 e. The molecular formula is C20H23NO3. The summed E-state index contributed by atoms with van der Waals surface area (Å²) < 4.78 is 5.02. The van der Waals surface area contributed by atoms with E-state index in [9.17, 15) is 9.59 Å². The van der Waals surface area contributed by atoms with Gasteiger partial charge in [-0.1, -0.05) is 62.4 Å². The number of carbonyl (C=O) groups excluding carboxylic acids is 2. The van der Waals surface area contributed by atoms with Crippen molar-refractivity contribution in [3.63, 3.8) is 0 Å². The number of anilines is 1. The van der Waals surface area contributed by atoms with Crippen LogP contribution in [-0.2, 0) is 14.3 Å². The quantitative estimate of drug-likeness (QED) is 0.773. The lowest BCUT2D eigenvalue weighted by atomic mass is 10.0. The van der Waals surface area contributed by atoms with Gasteiger partial charge < -0.3 is 10.1 Å². The summed E-state index contributed by atoms with van der Waals surface area (Å²) in [6.07, 6.45) is 1.10. The molecule has 4 nitrogen and oxygen atoms in total. The molecule has 1 N–H and O–H groups in total. The topological polar surface area (TPSA) is 55.4 Å². The molecule has 2 aromatic carbocycles. The summed E-state index contributed by atoms with van der Waals surface area (Å²) in [5.41, 5.74) is 2.65. The molecule has 0 aromatic heterocycles. The van der Waals surface area contributed by atoms with Gasteiger partial charge in [-0.15, -0.1) is 0 Å². The number of esters is 1. The molecule has 2 aromatic rings. The Hall–Kier alpha value is -2.62. The van der Waals surface area contributed by atoms with E-state index in [4.69, 9.17) is 4.74 Å². The number of rotatable bonds is 7. The van der Waals surface area contributed by atoms with Gasteiger partial charge in [-0.05, 0) is 24.0 Å². The number of hydrogen-bond acceptors (Lipinski definition) is 3. The molecule has 126 valence electrons. The third-order valence-corrected chi connectivity index (χ3v) is 3.58. The Morgan fingerprint density at radius 1 is 1.00 bits per heavy atom. The van der Waals surface area contributed by atoms with E-state index in [0.29, 0.717) is 18.0 Å². The molecule has 0 bridgehead atoms. The summed E-state index contributed by atoms with van der Waals surface area (Å²) in [5, 5.41) is 2.81. The maximum absolute atomic E-state index is 12.1. The predicted octanol–water partition coefficient (Wildman–Crippen LogP) is 4.27. The van der Waals surface area contributed by atoms with Crippen molar-refractivity contribution in [3.05, 3.63) is 54.6 Å². The highest BCUT2D eigenvalue weighted by Crippen LogP contribution is 2.27. The zero-order valence-electron chi connectivity index (χ0n) is 14.1. The Morgan fingerprint density at radius 3 is 2.38 bits per heavy atom. The molecule has 0 fully saturated rings. The van der Waals surface area contributed by atoms with E-state index in [1.165, 1.54) is 0 Å². The van der Waals surface area contributed by atoms with Crippen molar-refractivity contribution >= 4 is 17.6 Å². The van der Waals surface area contributed by atoms with Crippen LogP contribution in [-0.4, -0.2) is 18.5 Å². The fourth-order valence-electron chi connectivity index (χ4n) is 2.27. The van der Waals surface area contributed by atoms with Gasteiger partial charge >= 0.3 is 5.97 Å². The van der Waals surface area contributed by atoms with Gasteiger partial charge in [-0.25, -0.2) is 0 Å². The molecule has 0 aliphatic carbocycles. The number of carbonyl (C=O) groups is 2. The number of hydrogen-bond donors (Lipinski definition) is 1. The van der Waals surface area contributed by atoms with Gasteiger partial charge in [0, 0.05) is 17.7 Å². The van der Waals surface area contributed by atoms with Crippen LogP contribution in [0, 0.1) is 5.92 Å². The summed E-state index contributed by atoms with van der Waals surface area (Å²) in [6, 6.07) is 17.4. The van der Waals surface area contributed by atoms with Gasteiger partial charge in [-0.2, -0.15) is 0 Å². The van der Waals surface area contributed by atoms with Crippen LogP contribution in [0.3, 0.4) is 0 Å². The van der Waals surface area contributed by atoms with Gasteiger partial charge in [0.15, 0.2) is 6.61 Å². The number of para-hydroxylation sites is 1. The van der Waals surface area contributed by atoms with E-state index in [-0.39, 0.29) is 18.5 Å². The van der Waals surface area contributed by atoms with Crippen LogP contribution in [0.15, 0.2) is 54.6 Å². The second-order valence-corrected chi connectivity index (χ2v) is 6.05. The summed E-state index contributed by atoms with van der Waals surface area (Å²) >= 11 is 0. The van der Waals surface area contributed by atoms with Gasteiger partial charge in [0.25, 0.3) is 5.91 Å². The molecule has 0 atom stereocenters. The highest BCUT2D eigenvalue weighted by atomic mass is 16.5. The smallest absolute Gasteiger partial charge is 0.306 e. The summed E-state index contributed by atoms with van der Waals surface area (Å²) in [4.78, 5) is 23.6. The summed E-state index contributed by atoms with van der Waals surface area (Å²) in [6.45, 7) is 3.82. The maximum Gasteiger partial charge on any atom is 0.306 e. The normalized spacial score (nSPS) is 10.5. The van der Waals surface area contributed by atoms with Gasteiger partial charge in [0.1, 0.15) is 0 Å². The highest BCUT2D eigenvalue weighted by molar-refractivity contribution is 5.96. The van der Waals surface area contributed by atoms with Crippen LogP contribution in [0.25, 0.3) is 11.1 Å². The SMILES string of the molecule is CC(C)CCC(=O)OCC(=O)Nc1ccccc1-c1ccccc1. The average molecular weight is 325 g/mol. The van der Waals surface area contributed by atoms with Crippen molar-refractivity contribution in [2.75, 3.05) is 11.9 Å². The Labute approximate surface area is 142 Å². The van der Waals surface area contributed by atoms with Crippen molar-refractivity contribution in [1.29, 1.82) is 0 Å². The van der Waals surface area contributed by atoms with E-state index in [0.717, 1.165) is 17.5 Å². The Balaban J connectivity index is 1.94. The molecule has 0 unspecified atom stereocenters. The molecule has 0 aliphatic rings. The number of ether oxygens (including phenoxy) is 1. The monoisotopic (exact) mass is 325 g/mol. The first-order valence-corrected chi connectivity index (χ1v) is 8.16. The second kappa shape index (κ2) is 8.87. The van der Waals surface area contributed by atoms with Crippen LogP contribution >= 0.6 is 0 Å². The lowest BCUT2D eigenvalue weighted by molar-refractivity contribution is -0.147. The molecule has 2 rings (SSSR count). The van der Waals surface area contributed by atoms with Crippen LogP contribution in [0.1, 0.15) is 26.7 Å². The molecule has 0 saturated heterocycles. The van der Waals surface area contributed by atoms with E-state index in [1.807, 2.05) is 68.4 Å². The Morgan fingerprint density at radius 2 is 1.67 bits per heavy atom. The lowest BCUT2D eigenvalue weighted by Crippen LogP contribution is -2.21. The van der Waals surface area contributed by atoms with Crippen molar-refractivity contribution in [2.45, 2.75) is 26.7 Å². The lowest BCUT2D eigenvalue weighted by Gasteiger charge is -2.11. The fourth-order valence-corrected chi connectivity index (χ4v) is 2.27. The first kappa shape index (κ1) is 17.7. The average Bonchev–Trinajstić information content (AvgIpc) is 2.59. The molecule has 24 heavy (non-hydrogen) atoms. The fraction of sp³-hybridized carbons (Fsp3) is 0.300. The molecule has 0 radical (unpaired) electrons. The van der Waals surface area contributed by atoms with Crippen LogP contribution < -0.4 is 5.32 Å². The van der Waals surface area contributed by atoms with Gasteiger partial charge in [0.2, 0.25) is 0 Å². The van der Waals surface area contributed by atoms with Crippen molar-refractivity contribution in [3.8, 4) is 11.1 Å². The Kier molecular flexibility index (Phi) is 6.55. The summed E-state index contributed by atoms with van der Waals surface area (Å²) in [7, 11) is 0. The van der Waals surface area contributed by atoms with Crippen LogP contribution in [0.5, 0.6) is 0 Å². The largest absolute Gasteiger partial charge is 0.456 e. The third kappa shape index (κ3) is 5.54. The molecular weight excluding hydrogens is 302 g/mol. The highest BCUT2D eigenvalue weighted by Gasteiger charge is 2.11.